The fourth-order valence-electron chi connectivity index (χ4n) is 2.96. The maximum atomic E-state index is 13.0. The lowest BCUT2D eigenvalue weighted by molar-refractivity contribution is 0.0535. The summed E-state index contributed by atoms with van der Waals surface area (Å²) in [7, 11) is 0. The predicted molar refractivity (Wildman–Crippen MR) is 95.8 cm³/mol. The van der Waals surface area contributed by atoms with E-state index in [1.807, 2.05) is 13.0 Å². The lowest BCUT2D eigenvalue weighted by atomic mass is 10.1. The van der Waals surface area contributed by atoms with E-state index < -0.39 is 0 Å². The zero-order valence-corrected chi connectivity index (χ0v) is 14.7. The molecule has 1 aliphatic rings. The molecule has 0 aliphatic carbocycles. The van der Waals surface area contributed by atoms with Gasteiger partial charge in [0.1, 0.15) is 11.6 Å². The van der Waals surface area contributed by atoms with E-state index >= 15 is 0 Å². The standard InChI is InChI=1S/C20H21FN2O3/c1-2-26-18-5-3-4-16(14-18)20(25)23-12-10-22(11-13-23)19(24)15-6-8-17(21)9-7-15/h3-9,14H,2,10-13H2,1H3. The summed E-state index contributed by atoms with van der Waals surface area (Å²) in [6.07, 6.45) is 0. The second-order valence-corrected chi connectivity index (χ2v) is 6.05. The van der Waals surface area contributed by atoms with Gasteiger partial charge in [0.2, 0.25) is 0 Å². The predicted octanol–water partition coefficient (Wildman–Crippen LogP) is 2.82. The van der Waals surface area contributed by atoms with Crippen LogP contribution in [-0.2, 0) is 0 Å². The molecule has 2 aromatic carbocycles. The first-order valence-electron chi connectivity index (χ1n) is 8.65. The van der Waals surface area contributed by atoms with Crippen LogP contribution in [0.4, 0.5) is 4.39 Å². The molecule has 3 rings (SSSR count). The van der Waals surface area contributed by atoms with Crippen molar-refractivity contribution in [2.24, 2.45) is 0 Å². The topological polar surface area (TPSA) is 49.9 Å². The van der Waals surface area contributed by atoms with Crippen LogP contribution in [0, 0.1) is 5.82 Å². The van der Waals surface area contributed by atoms with Crippen LogP contribution in [0.5, 0.6) is 5.75 Å². The first-order valence-corrected chi connectivity index (χ1v) is 8.65. The molecule has 0 aromatic heterocycles. The highest BCUT2D eigenvalue weighted by molar-refractivity contribution is 5.96. The third-order valence-corrected chi connectivity index (χ3v) is 4.34. The van der Waals surface area contributed by atoms with Crippen LogP contribution in [0.25, 0.3) is 0 Å². The van der Waals surface area contributed by atoms with Crippen LogP contribution in [0.1, 0.15) is 27.6 Å². The van der Waals surface area contributed by atoms with Crippen molar-refractivity contribution in [3.8, 4) is 5.75 Å². The van der Waals surface area contributed by atoms with Gasteiger partial charge in [-0.25, -0.2) is 4.39 Å². The van der Waals surface area contributed by atoms with E-state index in [1.165, 1.54) is 24.3 Å². The normalized spacial score (nSPS) is 14.2. The summed E-state index contributed by atoms with van der Waals surface area (Å²) in [6.45, 7) is 4.27. The minimum Gasteiger partial charge on any atom is -0.494 e. The second kappa shape index (κ2) is 7.99. The van der Waals surface area contributed by atoms with E-state index in [2.05, 4.69) is 0 Å². The molecule has 6 heteroatoms. The summed E-state index contributed by atoms with van der Waals surface area (Å²) in [5, 5.41) is 0. The fourth-order valence-corrected chi connectivity index (χ4v) is 2.96. The number of hydrogen-bond donors (Lipinski definition) is 0. The van der Waals surface area contributed by atoms with E-state index in [4.69, 9.17) is 4.74 Å². The Morgan fingerprint density at radius 1 is 0.923 bits per heavy atom. The number of piperazine rings is 1. The van der Waals surface area contributed by atoms with Crippen molar-refractivity contribution in [1.29, 1.82) is 0 Å². The molecule has 136 valence electrons. The molecule has 0 saturated carbocycles. The molecule has 0 bridgehead atoms. The van der Waals surface area contributed by atoms with Gasteiger partial charge in [0, 0.05) is 37.3 Å². The summed E-state index contributed by atoms with van der Waals surface area (Å²) < 4.78 is 18.4. The number of benzene rings is 2. The van der Waals surface area contributed by atoms with Gasteiger partial charge < -0.3 is 14.5 Å². The molecule has 1 saturated heterocycles. The van der Waals surface area contributed by atoms with Crippen LogP contribution in [0.2, 0.25) is 0 Å². The number of hydrogen-bond acceptors (Lipinski definition) is 3. The molecule has 2 aromatic rings. The Morgan fingerprint density at radius 2 is 1.50 bits per heavy atom. The SMILES string of the molecule is CCOc1cccc(C(=O)N2CCN(C(=O)c3ccc(F)cc3)CC2)c1. The van der Waals surface area contributed by atoms with Crippen LogP contribution in [-0.4, -0.2) is 54.4 Å². The average molecular weight is 356 g/mol. The number of nitrogens with zero attached hydrogens (tertiary/aromatic N) is 2. The van der Waals surface area contributed by atoms with Gasteiger partial charge in [-0.1, -0.05) is 6.07 Å². The highest BCUT2D eigenvalue weighted by Crippen LogP contribution is 2.17. The summed E-state index contributed by atoms with van der Waals surface area (Å²) in [4.78, 5) is 28.5. The van der Waals surface area contributed by atoms with Crippen LogP contribution >= 0.6 is 0 Å². The molecule has 2 amide bonds. The Bertz CT molecular complexity index is 784. The van der Waals surface area contributed by atoms with Crippen molar-refractivity contribution in [2.45, 2.75) is 6.92 Å². The fraction of sp³-hybridized carbons (Fsp3) is 0.300. The molecule has 0 spiro atoms. The summed E-state index contributed by atoms with van der Waals surface area (Å²) in [5.41, 5.74) is 1.03. The summed E-state index contributed by atoms with van der Waals surface area (Å²) in [6, 6.07) is 12.6. The van der Waals surface area contributed by atoms with E-state index in [0.717, 1.165) is 0 Å². The molecule has 1 aliphatic heterocycles. The highest BCUT2D eigenvalue weighted by Gasteiger charge is 2.25. The monoisotopic (exact) mass is 356 g/mol. The van der Waals surface area contributed by atoms with Crippen molar-refractivity contribution in [1.82, 2.24) is 9.80 Å². The van der Waals surface area contributed by atoms with Crippen molar-refractivity contribution in [3.63, 3.8) is 0 Å². The zero-order chi connectivity index (χ0) is 18.5. The Morgan fingerprint density at radius 3 is 2.08 bits per heavy atom. The molecule has 26 heavy (non-hydrogen) atoms. The summed E-state index contributed by atoms with van der Waals surface area (Å²) >= 11 is 0. The van der Waals surface area contributed by atoms with Crippen LogP contribution in [0.15, 0.2) is 48.5 Å². The summed E-state index contributed by atoms with van der Waals surface area (Å²) in [5.74, 6) is 0.0885. The van der Waals surface area contributed by atoms with E-state index in [1.54, 1.807) is 28.0 Å². The number of amides is 2. The van der Waals surface area contributed by atoms with Gasteiger partial charge in [-0.15, -0.1) is 0 Å². The van der Waals surface area contributed by atoms with Gasteiger partial charge in [-0.05, 0) is 49.4 Å². The van der Waals surface area contributed by atoms with Gasteiger partial charge in [0.15, 0.2) is 0 Å². The van der Waals surface area contributed by atoms with Gasteiger partial charge in [0.25, 0.3) is 11.8 Å². The number of ether oxygens (including phenoxy) is 1. The van der Waals surface area contributed by atoms with Crippen molar-refractivity contribution in [3.05, 3.63) is 65.5 Å². The molecule has 0 atom stereocenters. The molecule has 0 N–H and O–H groups in total. The Hall–Kier alpha value is -2.89. The lowest BCUT2D eigenvalue weighted by Gasteiger charge is -2.35. The number of carbonyl (C=O) groups is 2. The van der Waals surface area contributed by atoms with Crippen molar-refractivity contribution < 1.29 is 18.7 Å². The van der Waals surface area contributed by atoms with E-state index in [0.29, 0.717) is 49.7 Å². The van der Waals surface area contributed by atoms with Crippen molar-refractivity contribution in [2.75, 3.05) is 32.8 Å². The average Bonchev–Trinajstić information content (AvgIpc) is 2.68. The number of halogens is 1. The maximum absolute atomic E-state index is 13.0. The Labute approximate surface area is 152 Å². The maximum Gasteiger partial charge on any atom is 0.254 e. The quantitative estimate of drug-likeness (QED) is 0.846. The lowest BCUT2D eigenvalue weighted by Crippen LogP contribution is -2.50. The van der Waals surface area contributed by atoms with E-state index in [9.17, 15) is 14.0 Å². The van der Waals surface area contributed by atoms with Gasteiger partial charge in [-0.2, -0.15) is 0 Å². The van der Waals surface area contributed by atoms with Gasteiger partial charge in [-0.3, -0.25) is 9.59 Å². The van der Waals surface area contributed by atoms with Crippen LogP contribution in [0.3, 0.4) is 0 Å². The zero-order valence-electron chi connectivity index (χ0n) is 14.7. The molecule has 1 heterocycles. The smallest absolute Gasteiger partial charge is 0.254 e. The third-order valence-electron chi connectivity index (χ3n) is 4.34. The molecule has 1 fully saturated rings. The molecule has 0 unspecified atom stereocenters. The van der Waals surface area contributed by atoms with Gasteiger partial charge >= 0.3 is 0 Å². The minimum atomic E-state index is -0.369. The molecule has 5 nitrogen and oxygen atoms in total. The molecular formula is C20H21FN2O3. The largest absolute Gasteiger partial charge is 0.494 e. The first kappa shape index (κ1) is 17.9. The van der Waals surface area contributed by atoms with Crippen LogP contribution < -0.4 is 4.74 Å². The Kier molecular flexibility index (Phi) is 5.51. The first-order chi connectivity index (χ1) is 12.6. The van der Waals surface area contributed by atoms with E-state index in [-0.39, 0.29) is 17.6 Å². The minimum absolute atomic E-state index is 0.0690. The Balaban J connectivity index is 1.61. The second-order valence-electron chi connectivity index (χ2n) is 6.05. The number of rotatable bonds is 4. The molecule has 0 radical (unpaired) electrons. The highest BCUT2D eigenvalue weighted by atomic mass is 19.1. The van der Waals surface area contributed by atoms with Crippen molar-refractivity contribution >= 4 is 11.8 Å². The molecular weight excluding hydrogens is 335 g/mol. The third kappa shape index (κ3) is 4.02. The van der Waals surface area contributed by atoms with Gasteiger partial charge in [0.05, 0.1) is 6.61 Å². The number of carbonyl (C=O) groups excluding carboxylic acids is 2.